The molecule has 3 nitrogen and oxygen atoms in total. The molecule has 2 aliphatic rings. The molecule has 0 amide bonds. The van der Waals surface area contributed by atoms with Crippen LogP contribution in [0.5, 0.6) is 5.75 Å². The van der Waals surface area contributed by atoms with E-state index in [9.17, 15) is 0 Å². The predicted molar refractivity (Wildman–Crippen MR) is 85.8 cm³/mol. The number of hydrazine groups is 1. The summed E-state index contributed by atoms with van der Waals surface area (Å²) in [5.74, 6) is 9.60. The Morgan fingerprint density at radius 3 is 2.90 bits per heavy atom. The number of nitrogens with one attached hydrogen (secondary N) is 1. The molecule has 2 aliphatic carbocycles. The Morgan fingerprint density at radius 1 is 1.33 bits per heavy atom. The third-order valence-corrected chi connectivity index (χ3v) is 5.36. The summed E-state index contributed by atoms with van der Waals surface area (Å²) in [6.45, 7) is 2.90. The monoisotopic (exact) mass is 288 g/mol. The third-order valence-electron chi connectivity index (χ3n) is 5.36. The minimum absolute atomic E-state index is 0.250. The maximum atomic E-state index is 5.84. The number of hydrogen-bond donors (Lipinski definition) is 2. The van der Waals surface area contributed by atoms with Gasteiger partial charge in [0.05, 0.1) is 6.61 Å². The van der Waals surface area contributed by atoms with Gasteiger partial charge in [0.1, 0.15) is 5.75 Å². The van der Waals surface area contributed by atoms with Gasteiger partial charge in [-0.25, -0.2) is 0 Å². The fraction of sp³-hybridized carbons (Fsp3) is 0.667. The summed E-state index contributed by atoms with van der Waals surface area (Å²) in [5.41, 5.74) is 4.29. The molecule has 3 N–H and O–H groups in total. The van der Waals surface area contributed by atoms with Crippen LogP contribution in [-0.4, -0.2) is 6.61 Å². The summed E-state index contributed by atoms with van der Waals surface area (Å²) < 4.78 is 5.74. The zero-order valence-electron chi connectivity index (χ0n) is 13.1. The summed E-state index contributed by atoms with van der Waals surface area (Å²) in [5, 5.41) is 0. The molecule has 0 aromatic heterocycles. The Bertz CT molecular complexity index is 462. The number of hydrogen-bond acceptors (Lipinski definition) is 3. The molecule has 4 unspecified atom stereocenters. The van der Waals surface area contributed by atoms with E-state index in [0.29, 0.717) is 0 Å². The fourth-order valence-corrected chi connectivity index (χ4v) is 4.31. The van der Waals surface area contributed by atoms with Crippen molar-refractivity contribution < 1.29 is 4.74 Å². The number of fused-ring (bicyclic) bond motifs is 2. The smallest absolute Gasteiger partial charge is 0.119 e. The van der Waals surface area contributed by atoms with Gasteiger partial charge in [0.2, 0.25) is 0 Å². The molecule has 3 rings (SSSR count). The number of benzene rings is 1. The lowest BCUT2D eigenvalue weighted by atomic mass is 9.83. The van der Waals surface area contributed by atoms with E-state index in [1.54, 1.807) is 0 Å². The molecule has 0 aliphatic heterocycles. The highest BCUT2D eigenvalue weighted by atomic mass is 16.5. The van der Waals surface area contributed by atoms with Gasteiger partial charge in [0.25, 0.3) is 0 Å². The Morgan fingerprint density at radius 2 is 2.24 bits per heavy atom. The van der Waals surface area contributed by atoms with Crippen LogP contribution in [0.25, 0.3) is 0 Å². The molecule has 3 heteroatoms. The van der Waals surface area contributed by atoms with E-state index in [1.807, 2.05) is 6.07 Å². The second kappa shape index (κ2) is 6.80. The minimum atomic E-state index is 0.250. The Balaban J connectivity index is 1.65. The van der Waals surface area contributed by atoms with Crippen LogP contribution in [0.3, 0.4) is 0 Å². The average Bonchev–Trinajstić information content (AvgIpc) is 3.13. The van der Waals surface area contributed by atoms with Gasteiger partial charge in [-0.05, 0) is 67.6 Å². The van der Waals surface area contributed by atoms with Crippen molar-refractivity contribution in [2.45, 2.75) is 51.5 Å². The van der Waals surface area contributed by atoms with Gasteiger partial charge >= 0.3 is 0 Å². The molecule has 116 valence electrons. The van der Waals surface area contributed by atoms with Crippen LogP contribution < -0.4 is 16.0 Å². The minimum Gasteiger partial charge on any atom is -0.494 e. The Labute approximate surface area is 128 Å². The summed E-state index contributed by atoms with van der Waals surface area (Å²) in [7, 11) is 0. The highest BCUT2D eigenvalue weighted by Gasteiger charge is 2.40. The SMILES string of the molecule is CCCOc1cccc(C(CC2CC3CCC2C3)NN)c1. The van der Waals surface area contributed by atoms with Crippen molar-refractivity contribution in [2.24, 2.45) is 23.6 Å². The maximum absolute atomic E-state index is 5.84. The van der Waals surface area contributed by atoms with Crippen LogP contribution in [0.1, 0.15) is 57.1 Å². The van der Waals surface area contributed by atoms with Crippen LogP contribution in [0.4, 0.5) is 0 Å². The molecule has 4 atom stereocenters. The van der Waals surface area contributed by atoms with E-state index >= 15 is 0 Å². The largest absolute Gasteiger partial charge is 0.494 e. The highest BCUT2D eigenvalue weighted by Crippen LogP contribution is 2.50. The first kappa shape index (κ1) is 14.9. The van der Waals surface area contributed by atoms with E-state index in [2.05, 4.69) is 30.5 Å². The van der Waals surface area contributed by atoms with Gasteiger partial charge in [-0.1, -0.05) is 25.5 Å². The van der Waals surface area contributed by atoms with E-state index in [4.69, 9.17) is 10.6 Å². The van der Waals surface area contributed by atoms with Crippen molar-refractivity contribution in [3.8, 4) is 5.75 Å². The summed E-state index contributed by atoms with van der Waals surface area (Å²) in [6, 6.07) is 8.67. The second-order valence-corrected chi connectivity index (χ2v) is 6.81. The lowest BCUT2D eigenvalue weighted by Gasteiger charge is -2.26. The van der Waals surface area contributed by atoms with E-state index in [-0.39, 0.29) is 6.04 Å². The van der Waals surface area contributed by atoms with Gasteiger partial charge in [0.15, 0.2) is 0 Å². The van der Waals surface area contributed by atoms with Crippen LogP contribution in [0.15, 0.2) is 24.3 Å². The first-order valence-electron chi connectivity index (χ1n) is 8.49. The van der Waals surface area contributed by atoms with Crippen LogP contribution in [-0.2, 0) is 0 Å². The van der Waals surface area contributed by atoms with E-state index in [0.717, 1.165) is 43.0 Å². The van der Waals surface area contributed by atoms with Crippen LogP contribution in [0, 0.1) is 17.8 Å². The van der Waals surface area contributed by atoms with Crippen LogP contribution in [0.2, 0.25) is 0 Å². The fourth-order valence-electron chi connectivity index (χ4n) is 4.31. The molecule has 1 aromatic carbocycles. The number of rotatable bonds is 7. The lowest BCUT2D eigenvalue weighted by Crippen LogP contribution is -2.30. The zero-order valence-corrected chi connectivity index (χ0v) is 13.1. The molecule has 0 spiro atoms. The van der Waals surface area contributed by atoms with E-state index in [1.165, 1.54) is 31.2 Å². The van der Waals surface area contributed by atoms with Crippen molar-refractivity contribution in [2.75, 3.05) is 6.61 Å². The molecular weight excluding hydrogens is 260 g/mol. The highest BCUT2D eigenvalue weighted by molar-refractivity contribution is 5.30. The molecule has 2 saturated carbocycles. The van der Waals surface area contributed by atoms with Gasteiger partial charge < -0.3 is 4.74 Å². The first-order valence-corrected chi connectivity index (χ1v) is 8.49. The zero-order chi connectivity index (χ0) is 14.7. The predicted octanol–water partition coefficient (Wildman–Crippen LogP) is 3.81. The van der Waals surface area contributed by atoms with Crippen molar-refractivity contribution in [1.82, 2.24) is 5.43 Å². The number of nitrogens with two attached hydrogens (primary N) is 1. The lowest BCUT2D eigenvalue weighted by molar-refractivity contribution is 0.279. The quantitative estimate of drug-likeness (QED) is 0.592. The van der Waals surface area contributed by atoms with E-state index < -0.39 is 0 Å². The summed E-state index contributed by atoms with van der Waals surface area (Å²) in [6.07, 6.45) is 7.97. The Hall–Kier alpha value is -1.06. The third kappa shape index (κ3) is 3.41. The van der Waals surface area contributed by atoms with Crippen molar-refractivity contribution in [3.63, 3.8) is 0 Å². The Kier molecular flexibility index (Phi) is 4.81. The van der Waals surface area contributed by atoms with Crippen molar-refractivity contribution in [3.05, 3.63) is 29.8 Å². The molecule has 21 heavy (non-hydrogen) atoms. The number of ether oxygens (including phenoxy) is 1. The molecule has 0 saturated heterocycles. The molecular formula is C18H28N2O. The van der Waals surface area contributed by atoms with Gasteiger partial charge in [-0.15, -0.1) is 0 Å². The van der Waals surface area contributed by atoms with Crippen molar-refractivity contribution >= 4 is 0 Å². The first-order chi connectivity index (χ1) is 10.3. The molecule has 2 bridgehead atoms. The average molecular weight is 288 g/mol. The molecule has 0 radical (unpaired) electrons. The van der Waals surface area contributed by atoms with Crippen molar-refractivity contribution in [1.29, 1.82) is 0 Å². The van der Waals surface area contributed by atoms with Gasteiger partial charge in [-0.2, -0.15) is 0 Å². The normalized spacial score (nSPS) is 28.8. The second-order valence-electron chi connectivity index (χ2n) is 6.81. The molecule has 0 heterocycles. The summed E-state index contributed by atoms with van der Waals surface area (Å²) >= 11 is 0. The summed E-state index contributed by atoms with van der Waals surface area (Å²) in [4.78, 5) is 0. The topological polar surface area (TPSA) is 47.3 Å². The van der Waals surface area contributed by atoms with Crippen LogP contribution >= 0.6 is 0 Å². The van der Waals surface area contributed by atoms with Gasteiger partial charge in [0, 0.05) is 6.04 Å². The maximum Gasteiger partial charge on any atom is 0.119 e. The standard InChI is InChI=1S/C18H28N2O/c1-2-8-21-17-5-3-4-15(11-17)18(20-19)12-16-10-13-6-7-14(16)9-13/h3-5,11,13-14,16,18,20H,2,6-10,12,19H2,1H3. The molecule has 1 aromatic rings. The van der Waals surface area contributed by atoms with Gasteiger partial charge in [-0.3, -0.25) is 11.3 Å². The molecule has 2 fully saturated rings.